The molecule has 2 aromatic carbocycles. The van der Waals surface area contributed by atoms with Crippen LogP contribution in [0.1, 0.15) is 34.8 Å². The number of hydrogen-bond acceptors (Lipinski definition) is 8. The van der Waals surface area contributed by atoms with E-state index in [1.807, 2.05) is 18.2 Å². The lowest BCUT2D eigenvalue weighted by molar-refractivity contribution is -0.121. The van der Waals surface area contributed by atoms with E-state index >= 15 is 0 Å². The maximum Gasteiger partial charge on any atom is 0.343 e. The standard InChI is InChI=1S/C26H29NO8/c1-15-12-19(28)23(26(30)35-15)18(17-10-11-21(32-3)25(34-5)24(17)33-4)13-22(29)27-14-16-8-6-7-9-20(16)31-2/h6-12,18,28H,13-14H2,1-5H3,(H,27,29)/t18-/m0/s1. The second-order valence-corrected chi connectivity index (χ2v) is 7.71. The van der Waals surface area contributed by atoms with Gasteiger partial charge in [0.2, 0.25) is 11.7 Å². The molecule has 9 nitrogen and oxygen atoms in total. The van der Waals surface area contributed by atoms with Crippen LogP contribution in [0.5, 0.6) is 28.7 Å². The van der Waals surface area contributed by atoms with Crippen LogP contribution in [0.25, 0.3) is 0 Å². The highest BCUT2D eigenvalue weighted by Gasteiger charge is 2.30. The van der Waals surface area contributed by atoms with E-state index in [-0.39, 0.29) is 41.7 Å². The van der Waals surface area contributed by atoms with E-state index in [1.54, 1.807) is 32.2 Å². The van der Waals surface area contributed by atoms with Gasteiger partial charge in [0.15, 0.2) is 11.5 Å². The molecular weight excluding hydrogens is 454 g/mol. The molecule has 0 aliphatic carbocycles. The number of rotatable bonds is 10. The second kappa shape index (κ2) is 11.3. The summed E-state index contributed by atoms with van der Waals surface area (Å²) in [4.78, 5) is 25.9. The molecule has 3 rings (SSSR count). The van der Waals surface area contributed by atoms with Crippen molar-refractivity contribution in [1.29, 1.82) is 0 Å². The van der Waals surface area contributed by atoms with Gasteiger partial charge in [0, 0.05) is 36.1 Å². The zero-order valence-electron chi connectivity index (χ0n) is 20.3. The Kier molecular flexibility index (Phi) is 8.25. The highest BCUT2D eigenvalue weighted by molar-refractivity contribution is 5.78. The van der Waals surface area contributed by atoms with Crippen molar-refractivity contribution < 1.29 is 33.3 Å². The average Bonchev–Trinajstić information content (AvgIpc) is 2.85. The first-order valence-electron chi connectivity index (χ1n) is 10.9. The summed E-state index contributed by atoms with van der Waals surface area (Å²) >= 11 is 0. The van der Waals surface area contributed by atoms with Crippen molar-refractivity contribution >= 4 is 5.91 Å². The molecular formula is C26H29NO8. The van der Waals surface area contributed by atoms with E-state index in [1.165, 1.54) is 27.4 Å². The van der Waals surface area contributed by atoms with Crippen molar-refractivity contribution in [3.8, 4) is 28.7 Å². The van der Waals surface area contributed by atoms with Crippen molar-refractivity contribution in [2.24, 2.45) is 0 Å². The third-order valence-corrected chi connectivity index (χ3v) is 5.61. The predicted molar refractivity (Wildman–Crippen MR) is 129 cm³/mol. The van der Waals surface area contributed by atoms with E-state index in [4.69, 9.17) is 23.4 Å². The van der Waals surface area contributed by atoms with Crippen LogP contribution in [-0.4, -0.2) is 39.5 Å². The van der Waals surface area contributed by atoms with Crippen LogP contribution in [0.3, 0.4) is 0 Å². The zero-order valence-corrected chi connectivity index (χ0v) is 20.3. The lowest BCUT2D eigenvalue weighted by Crippen LogP contribution is -2.27. The third kappa shape index (κ3) is 5.51. The Morgan fingerprint density at radius 3 is 2.29 bits per heavy atom. The maximum atomic E-state index is 13.1. The summed E-state index contributed by atoms with van der Waals surface area (Å²) < 4.78 is 27.0. The number of carbonyl (C=O) groups excluding carboxylic acids is 1. The molecule has 3 aromatic rings. The Balaban J connectivity index is 2.04. The molecule has 186 valence electrons. The molecule has 0 spiro atoms. The summed E-state index contributed by atoms with van der Waals surface area (Å²) in [6, 6.07) is 12.0. The SMILES string of the molecule is COc1ccccc1CNC(=O)C[C@@H](c1ccc(OC)c(OC)c1OC)c1c(O)cc(C)oc1=O. The van der Waals surface area contributed by atoms with Crippen molar-refractivity contribution in [3.05, 3.63) is 75.3 Å². The van der Waals surface area contributed by atoms with Crippen LogP contribution in [-0.2, 0) is 11.3 Å². The number of aromatic hydroxyl groups is 1. The van der Waals surface area contributed by atoms with Crippen LogP contribution < -0.4 is 29.9 Å². The molecule has 0 bridgehead atoms. The topological polar surface area (TPSA) is 116 Å². The molecule has 1 atom stereocenters. The molecule has 0 saturated carbocycles. The van der Waals surface area contributed by atoms with Crippen molar-refractivity contribution in [2.45, 2.75) is 25.8 Å². The Morgan fingerprint density at radius 2 is 1.66 bits per heavy atom. The molecule has 0 fully saturated rings. The van der Waals surface area contributed by atoms with Crippen LogP contribution >= 0.6 is 0 Å². The van der Waals surface area contributed by atoms with Gasteiger partial charge in [0.05, 0.1) is 34.0 Å². The summed E-state index contributed by atoms with van der Waals surface area (Å²) in [6.07, 6.45) is -0.178. The van der Waals surface area contributed by atoms with E-state index in [9.17, 15) is 14.7 Å². The molecule has 0 saturated heterocycles. The van der Waals surface area contributed by atoms with Crippen LogP contribution in [0, 0.1) is 6.92 Å². The maximum absolute atomic E-state index is 13.1. The number of nitrogens with one attached hydrogen (secondary N) is 1. The van der Waals surface area contributed by atoms with Crippen molar-refractivity contribution in [2.75, 3.05) is 28.4 Å². The summed E-state index contributed by atoms with van der Waals surface area (Å²) in [7, 11) is 5.94. The number of ether oxygens (including phenoxy) is 4. The quantitative estimate of drug-likeness (QED) is 0.450. The molecule has 9 heteroatoms. The third-order valence-electron chi connectivity index (χ3n) is 5.61. The number of carbonyl (C=O) groups is 1. The van der Waals surface area contributed by atoms with Crippen molar-refractivity contribution in [1.82, 2.24) is 5.32 Å². The minimum absolute atomic E-state index is 0.0615. The molecule has 0 aliphatic heterocycles. The van der Waals surface area contributed by atoms with Gasteiger partial charge in [0.25, 0.3) is 0 Å². The Bertz CT molecular complexity index is 1250. The van der Waals surface area contributed by atoms with Gasteiger partial charge in [0.1, 0.15) is 17.3 Å². The van der Waals surface area contributed by atoms with E-state index in [0.717, 1.165) is 5.56 Å². The minimum Gasteiger partial charge on any atom is -0.507 e. The number of para-hydroxylation sites is 1. The monoisotopic (exact) mass is 483 g/mol. The van der Waals surface area contributed by atoms with Gasteiger partial charge in [-0.05, 0) is 19.1 Å². The highest BCUT2D eigenvalue weighted by Crippen LogP contribution is 2.45. The van der Waals surface area contributed by atoms with Gasteiger partial charge in [-0.2, -0.15) is 0 Å². The van der Waals surface area contributed by atoms with Gasteiger partial charge < -0.3 is 33.8 Å². The predicted octanol–water partition coefficient (Wildman–Crippen LogP) is 3.53. The van der Waals surface area contributed by atoms with Crippen LogP contribution in [0.4, 0.5) is 0 Å². The fourth-order valence-electron chi connectivity index (χ4n) is 3.99. The summed E-state index contributed by atoms with van der Waals surface area (Å²) in [5.74, 6) is 0.316. The molecule has 1 amide bonds. The van der Waals surface area contributed by atoms with E-state index in [2.05, 4.69) is 5.32 Å². The Labute approximate surface area is 203 Å². The normalized spacial score (nSPS) is 11.5. The number of hydrogen-bond donors (Lipinski definition) is 2. The van der Waals surface area contributed by atoms with Gasteiger partial charge in [-0.3, -0.25) is 4.79 Å². The summed E-state index contributed by atoms with van der Waals surface area (Å²) in [5.41, 5.74) is 0.431. The first-order chi connectivity index (χ1) is 16.8. The lowest BCUT2D eigenvalue weighted by Gasteiger charge is -2.22. The zero-order chi connectivity index (χ0) is 25.5. The average molecular weight is 484 g/mol. The van der Waals surface area contributed by atoms with Gasteiger partial charge in [-0.15, -0.1) is 0 Å². The van der Waals surface area contributed by atoms with Crippen LogP contribution in [0.2, 0.25) is 0 Å². The molecule has 0 aliphatic rings. The Hall–Kier alpha value is -4.14. The number of amides is 1. The number of aryl methyl sites for hydroxylation is 1. The van der Waals surface area contributed by atoms with E-state index < -0.39 is 11.5 Å². The summed E-state index contributed by atoms with van der Waals surface area (Å²) in [6.45, 7) is 1.77. The molecule has 2 N–H and O–H groups in total. The molecule has 0 radical (unpaired) electrons. The van der Waals surface area contributed by atoms with Gasteiger partial charge >= 0.3 is 5.63 Å². The lowest BCUT2D eigenvalue weighted by atomic mass is 9.87. The van der Waals surface area contributed by atoms with Crippen LogP contribution in [0.15, 0.2) is 51.7 Å². The highest BCUT2D eigenvalue weighted by atomic mass is 16.5. The fraction of sp³-hybridized carbons (Fsp3) is 0.308. The minimum atomic E-state index is -0.903. The molecule has 1 heterocycles. The molecule has 1 aromatic heterocycles. The molecule has 35 heavy (non-hydrogen) atoms. The smallest absolute Gasteiger partial charge is 0.343 e. The largest absolute Gasteiger partial charge is 0.507 e. The second-order valence-electron chi connectivity index (χ2n) is 7.71. The first-order valence-corrected chi connectivity index (χ1v) is 10.9. The number of methoxy groups -OCH3 is 4. The first kappa shape index (κ1) is 25.5. The summed E-state index contributed by atoms with van der Waals surface area (Å²) in [5, 5.41) is 13.5. The molecule has 0 unspecified atom stereocenters. The Morgan fingerprint density at radius 1 is 0.971 bits per heavy atom. The van der Waals surface area contributed by atoms with Gasteiger partial charge in [-0.1, -0.05) is 24.3 Å². The number of benzene rings is 2. The van der Waals surface area contributed by atoms with Gasteiger partial charge in [-0.25, -0.2) is 4.79 Å². The fourth-order valence-corrected chi connectivity index (χ4v) is 3.99. The van der Waals surface area contributed by atoms with E-state index in [0.29, 0.717) is 22.8 Å². The van der Waals surface area contributed by atoms with Crippen molar-refractivity contribution in [3.63, 3.8) is 0 Å².